The maximum atomic E-state index is 5.88. The Hall–Kier alpha value is -2.00. The zero-order valence-corrected chi connectivity index (χ0v) is 11.9. The van der Waals surface area contributed by atoms with Crippen LogP contribution in [0.3, 0.4) is 0 Å². The molecule has 0 radical (unpaired) electrons. The van der Waals surface area contributed by atoms with Gasteiger partial charge in [0.05, 0.1) is 12.6 Å². The third-order valence-electron chi connectivity index (χ3n) is 3.11. The van der Waals surface area contributed by atoms with Crippen molar-refractivity contribution in [1.29, 1.82) is 0 Å². The number of anilines is 1. The van der Waals surface area contributed by atoms with Crippen LogP contribution in [0.4, 0.5) is 5.69 Å². The molecule has 0 amide bonds. The molecule has 3 heteroatoms. The zero-order valence-electron chi connectivity index (χ0n) is 11.9. The van der Waals surface area contributed by atoms with E-state index >= 15 is 0 Å². The van der Waals surface area contributed by atoms with E-state index in [-0.39, 0.29) is 6.04 Å². The summed E-state index contributed by atoms with van der Waals surface area (Å²) in [7, 11) is 0. The molecular weight excluding hydrogens is 248 g/mol. The number of hydrogen-bond acceptors (Lipinski definition) is 3. The molecule has 2 aromatic carbocycles. The largest absolute Gasteiger partial charge is 0.494 e. The number of para-hydroxylation sites is 1. The fourth-order valence-corrected chi connectivity index (χ4v) is 2.03. The molecule has 1 atom stereocenters. The van der Waals surface area contributed by atoms with Crippen LogP contribution < -0.4 is 15.8 Å². The minimum Gasteiger partial charge on any atom is -0.494 e. The van der Waals surface area contributed by atoms with E-state index in [1.54, 1.807) is 0 Å². The van der Waals surface area contributed by atoms with E-state index in [9.17, 15) is 0 Å². The highest BCUT2D eigenvalue weighted by atomic mass is 16.5. The van der Waals surface area contributed by atoms with Crippen LogP contribution >= 0.6 is 0 Å². The Labute approximate surface area is 120 Å². The Morgan fingerprint density at radius 2 is 1.75 bits per heavy atom. The molecule has 0 saturated heterocycles. The van der Waals surface area contributed by atoms with Gasteiger partial charge < -0.3 is 15.8 Å². The Kier molecular flexibility index (Phi) is 5.44. The van der Waals surface area contributed by atoms with Crippen molar-refractivity contribution in [3.63, 3.8) is 0 Å². The van der Waals surface area contributed by atoms with Crippen molar-refractivity contribution < 1.29 is 4.74 Å². The summed E-state index contributed by atoms with van der Waals surface area (Å²) in [6, 6.07) is 18.4. The molecular formula is C17H22N2O. The summed E-state index contributed by atoms with van der Waals surface area (Å²) in [6.07, 6.45) is 1.02. The van der Waals surface area contributed by atoms with Gasteiger partial charge in [0.15, 0.2) is 0 Å². The van der Waals surface area contributed by atoms with Crippen molar-refractivity contribution in [1.82, 2.24) is 0 Å². The first-order valence-electron chi connectivity index (χ1n) is 7.08. The average molecular weight is 270 g/mol. The molecule has 0 saturated carbocycles. The smallest absolute Gasteiger partial charge is 0.119 e. The minimum atomic E-state index is 0.109. The Bertz CT molecular complexity index is 496. The van der Waals surface area contributed by atoms with Gasteiger partial charge in [-0.15, -0.1) is 0 Å². The topological polar surface area (TPSA) is 47.3 Å². The van der Waals surface area contributed by atoms with E-state index in [1.165, 1.54) is 5.56 Å². The lowest BCUT2D eigenvalue weighted by atomic mass is 10.1. The van der Waals surface area contributed by atoms with Gasteiger partial charge in [0.2, 0.25) is 0 Å². The summed E-state index contributed by atoms with van der Waals surface area (Å²) in [5.74, 6) is 0.908. The molecule has 20 heavy (non-hydrogen) atoms. The van der Waals surface area contributed by atoms with E-state index in [0.717, 1.165) is 24.5 Å². The van der Waals surface area contributed by atoms with Crippen LogP contribution in [0.1, 0.15) is 24.9 Å². The van der Waals surface area contributed by atoms with Gasteiger partial charge in [0, 0.05) is 12.2 Å². The van der Waals surface area contributed by atoms with E-state index in [2.05, 4.69) is 24.4 Å². The molecule has 0 aliphatic rings. The van der Waals surface area contributed by atoms with Gasteiger partial charge in [-0.1, -0.05) is 37.3 Å². The van der Waals surface area contributed by atoms with Crippen LogP contribution in [0.25, 0.3) is 0 Å². The van der Waals surface area contributed by atoms with Crippen LogP contribution in [-0.4, -0.2) is 13.2 Å². The average Bonchev–Trinajstić information content (AvgIpc) is 2.52. The fourth-order valence-electron chi connectivity index (χ4n) is 2.03. The van der Waals surface area contributed by atoms with Crippen LogP contribution in [0.2, 0.25) is 0 Å². The molecule has 2 aromatic rings. The molecule has 3 nitrogen and oxygen atoms in total. The number of nitrogens with one attached hydrogen (secondary N) is 1. The van der Waals surface area contributed by atoms with Gasteiger partial charge in [-0.05, 0) is 36.2 Å². The summed E-state index contributed by atoms with van der Waals surface area (Å²) >= 11 is 0. The van der Waals surface area contributed by atoms with Crippen LogP contribution in [0.5, 0.6) is 5.75 Å². The van der Waals surface area contributed by atoms with E-state index in [1.807, 2.05) is 42.5 Å². The first-order valence-corrected chi connectivity index (χ1v) is 7.08. The highest BCUT2D eigenvalue weighted by Gasteiger charge is 2.09. The maximum absolute atomic E-state index is 5.88. The molecule has 0 aliphatic carbocycles. The number of benzene rings is 2. The molecule has 0 fully saturated rings. The van der Waals surface area contributed by atoms with Crippen molar-refractivity contribution >= 4 is 5.69 Å². The predicted molar refractivity (Wildman–Crippen MR) is 84.1 cm³/mol. The lowest BCUT2D eigenvalue weighted by molar-refractivity contribution is 0.317. The molecule has 2 rings (SSSR count). The normalized spacial score (nSPS) is 11.9. The summed E-state index contributed by atoms with van der Waals surface area (Å²) in [6.45, 7) is 3.40. The van der Waals surface area contributed by atoms with Gasteiger partial charge in [-0.2, -0.15) is 0 Å². The predicted octanol–water partition coefficient (Wildman–Crippen LogP) is 3.59. The zero-order chi connectivity index (χ0) is 14.2. The SMILES string of the molecule is CCCOc1ccc(C(CN)Nc2ccccc2)cc1. The summed E-state index contributed by atoms with van der Waals surface area (Å²) in [5.41, 5.74) is 8.12. The molecule has 0 bridgehead atoms. The minimum absolute atomic E-state index is 0.109. The second-order valence-corrected chi connectivity index (χ2v) is 4.72. The molecule has 3 N–H and O–H groups in total. The standard InChI is InChI=1S/C17H22N2O/c1-2-12-20-16-10-8-14(9-11-16)17(13-18)19-15-6-4-3-5-7-15/h3-11,17,19H,2,12-13,18H2,1H3. The monoisotopic (exact) mass is 270 g/mol. The first-order chi connectivity index (χ1) is 9.83. The third kappa shape index (κ3) is 4.00. The van der Waals surface area contributed by atoms with Crippen molar-refractivity contribution in [2.75, 3.05) is 18.5 Å². The molecule has 0 aromatic heterocycles. The Morgan fingerprint density at radius 3 is 2.35 bits per heavy atom. The van der Waals surface area contributed by atoms with Crippen molar-refractivity contribution in [2.45, 2.75) is 19.4 Å². The number of rotatable bonds is 7. The molecule has 0 spiro atoms. The summed E-state index contributed by atoms with van der Waals surface area (Å²) in [4.78, 5) is 0. The number of ether oxygens (including phenoxy) is 1. The van der Waals surface area contributed by atoms with Crippen molar-refractivity contribution in [2.24, 2.45) is 5.73 Å². The van der Waals surface area contributed by atoms with Crippen molar-refractivity contribution in [3.05, 3.63) is 60.2 Å². The maximum Gasteiger partial charge on any atom is 0.119 e. The summed E-state index contributed by atoms with van der Waals surface area (Å²) < 4.78 is 5.59. The van der Waals surface area contributed by atoms with E-state index in [4.69, 9.17) is 10.5 Å². The lowest BCUT2D eigenvalue weighted by Crippen LogP contribution is -2.20. The van der Waals surface area contributed by atoms with Crippen LogP contribution in [0.15, 0.2) is 54.6 Å². The first kappa shape index (κ1) is 14.4. The molecule has 0 aliphatic heterocycles. The Morgan fingerprint density at radius 1 is 1.05 bits per heavy atom. The lowest BCUT2D eigenvalue weighted by Gasteiger charge is -2.19. The highest BCUT2D eigenvalue weighted by Crippen LogP contribution is 2.21. The van der Waals surface area contributed by atoms with Crippen molar-refractivity contribution in [3.8, 4) is 5.75 Å². The van der Waals surface area contributed by atoms with Crippen LogP contribution in [0, 0.1) is 0 Å². The van der Waals surface area contributed by atoms with Gasteiger partial charge in [0.1, 0.15) is 5.75 Å². The third-order valence-corrected chi connectivity index (χ3v) is 3.11. The second-order valence-electron chi connectivity index (χ2n) is 4.72. The van der Waals surface area contributed by atoms with Gasteiger partial charge in [0.25, 0.3) is 0 Å². The van der Waals surface area contributed by atoms with Crippen LogP contribution in [-0.2, 0) is 0 Å². The van der Waals surface area contributed by atoms with E-state index in [0.29, 0.717) is 6.54 Å². The fraction of sp³-hybridized carbons (Fsp3) is 0.294. The Balaban J connectivity index is 2.04. The molecule has 1 unspecified atom stereocenters. The highest BCUT2D eigenvalue weighted by molar-refractivity contribution is 5.45. The van der Waals surface area contributed by atoms with Gasteiger partial charge in [-0.3, -0.25) is 0 Å². The summed E-state index contributed by atoms with van der Waals surface area (Å²) in [5, 5.41) is 3.44. The number of hydrogen-bond donors (Lipinski definition) is 2. The molecule has 0 heterocycles. The number of nitrogens with two attached hydrogens (primary N) is 1. The second kappa shape index (κ2) is 7.56. The quantitative estimate of drug-likeness (QED) is 0.808. The van der Waals surface area contributed by atoms with Gasteiger partial charge >= 0.3 is 0 Å². The van der Waals surface area contributed by atoms with E-state index < -0.39 is 0 Å². The molecule has 106 valence electrons. The van der Waals surface area contributed by atoms with Gasteiger partial charge in [-0.25, -0.2) is 0 Å².